The predicted molar refractivity (Wildman–Crippen MR) is 124 cm³/mol. The first-order chi connectivity index (χ1) is 15.4. The summed E-state index contributed by atoms with van der Waals surface area (Å²) in [6.07, 6.45) is 0.541. The molecule has 3 aromatic rings. The summed E-state index contributed by atoms with van der Waals surface area (Å²) in [7, 11) is 0. The summed E-state index contributed by atoms with van der Waals surface area (Å²) in [5, 5.41) is 18.7. The van der Waals surface area contributed by atoms with Gasteiger partial charge in [-0.2, -0.15) is 15.2 Å². The maximum Gasteiger partial charge on any atom is 0.281 e. The number of anilines is 3. The minimum atomic E-state index is -0.471. The molecule has 6 N–H and O–H groups in total. The molecule has 0 spiro atoms. The Bertz CT molecular complexity index is 1260. The summed E-state index contributed by atoms with van der Waals surface area (Å²) < 4.78 is 1.58. The third-order valence-electron chi connectivity index (χ3n) is 5.32. The first-order valence-corrected chi connectivity index (χ1v) is 10.6. The van der Waals surface area contributed by atoms with E-state index in [1.54, 1.807) is 22.9 Å². The highest BCUT2D eigenvalue weighted by Crippen LogP contribution is 2.27. The lowest BCUT2D eigenvalue weighted by molar-refractivity contribution is 0.455. The van der Waals surface area contributed by atoms with Crippen LogP contribution in [0, 0.1) is 11.3 Å². The van der Waals surface area contributed by atoms with Crippen LogP contribution in [-0.2, 0) is 0 Å². The molecule has 0 aliphatic carbocycles. The quantitative estimate of drug-likeness (QED) is 0.436. The Morgan fingerprint density at radius 3 is 2.72 bits per heavy atom. The van der Waals surface area contributed by atoms with Crippen LogP contribution in [0.4, 0.5) is 17.6 Å². The van der Waals surface area contributed by atoms with Crippen molar-refractivity contribution in [3.05, 3.63) is 45.0 Å². The molecule has 1 aliphatic heterocycles. The molecule has 12 heteroatoms. The SMILES string of the molecule is CCC(Nc1nc(N)nc(N)c1C#N)c1nc2cccc(Cl)c2c(=O)n1N1CCNCC1. The van der Waals surface area contributed by atoms with E-state index in [0.717, 1.165) is 13.1 Å². The number of rotatable bonds is 5. The molecule has 0 radical (unpaired) electrons. The van der Waals surface area contributed by atoms with Gasteiger partial charge in [0.2, 0.25) is 5.95 Å². The lowest BCUT2D eigenvalue weighted by Gasteiger charge is -2.34. The number of nitrogen functional groups attached to an aromatic ring is 2. The third-order valence-corrected chi connectivity index (χ3v) is 5.64. The fourth-order valence-corrected chi connectivity index (χ4v) is 4.03. The average molecular weight is 455 g/mol. The number of piperazine rings is 1. The van der Waals surface area contributed by atoms with Crippen molar-refractivity contribution in [2.24, 2.45) is 0 Å². The summed E-state index contributed by atoms with van der Waals surface area (Å²) in [6, 6.07) is 6.72. The Labute approximate surface area is 189 Å². The second-order valence-electron chi connectivity index (χ2n) is 7.33. The van der Waals surface area contributed by atoms with Gasteiger partial charge in [-0.05, 0) is 18.6 Å². The van der Waals surface area contributed by atoms with Crippen LogP contribution in [0.5, 0.6) is 0 Å². The number of benzene rings is 1. The van der Waals surface area contributed by atoms with Crippen LogP contribution in [0.3, 0.4) is 0 Å². The van der Waals surface area contributed by atoms with Gasteiger partial charge in [-0.15, -0.1) is 0 Å². The fraction of sp³-hybridized carbons (Fsp3) is 0.350. The molecule has 0 amide bonds. The van der Waals surface area contributed by atoms with E-state index in [-0.39, 0.29) is 28.7 Å². The summed E-state index contributed by atoms with van der Waals surface area (Å²) in [5.74, 6) is 0.595. The molecule has 1 aliphatic rings. The highest BCUT2D eigenvalue weighted by molar-refractivity contribution is 6.35. The van der Waals surface area contributed by atoms with Gasteiger partial charge in [-0.1, -0.05) is 24.6 Å². The van der Waals surface area contributed by atoms with Crippen LogP contribution >= 0.6 is 11.6 Å². The van der Waals surface area contributed by atoms with Crippen molar-refractivity contribution in [3.63, 3.8) is 0 Å². The fourth-order valence-electron chi connectivity index (χ4n) is 3.78. The summed E-state index contributed by atoms with van der Waals surface area (Å²) in [5.41, 5.74) is 11.9. The van der Waals surface area contributed by atoms with Crippen molar-refractivity contribution < 1.29 is 0 Å². The number of hydrogen-bond donors (Lipinski definition) is 4. The smallest absolute Gasteiger partial charge is 0.281 e. The molecule has 1 saturated heterocycles. The highest BCUT2D eigenvalue weighted by Gasteiger charge is 2.26. The minimum Gasteiger partial charge on any atom is -0.382 e. The zero-order valence-electron chi connectivity index (χ0n) is 17.5. The number of halogens is 1. The van der Waals surface area contributed by atoms with Gasteiger partial charge in [-0.3, -0.25) is 4.79 Å². The van der Waals surface area contributed by atoms with Crippen molar-refractivity contribution in [1.29, 1.82) is 5.26 Å². The van der Waals surface area contributed by atoms with Gasteiger partial charge in [0.05, 0.1) is 22.0 Å². The van der Waals surface area contributed by atoms with Crippen LogP contribution in [-0.4, -0.2) is 45.8 Å². The molecule has 11 nitrogen and oxygen atoms in total. The Kier molecular flexibility index (Phi) is 5.98. The standard InChI is InChI=1S/C20H23ClN10O/c1-2-13(26-17-11(10-22)16(23)28-20(24)29-17)18-27-14-5-3-4-12(21)15(14)19(32)31(18)30-8-6-25-7-9-30/h3-5,13,25H,2,6-9H2,1H3,(H5,23,24,26,28,29). The maximum absolute atomic E-state index is 13.6. The van der Waals surface area contributed by atoms with E-state index in [1.165, 1.54) is 0 Å². The monoisotopic (exact) mass is 454 g/mol. The zero-order valence-corrected chi connectivity index (χ0v) is 18.2. The Hall–Kier alpha value is -3.62. The molecule has 1 unspecified atom stereocenters. The van der Waals surface area contributed by atoms with Crippen LogP contribution in [0.2, 0.25) is 5.02 Å². The number of aromatic nitrogens is 4. The Morgan fingerprint density at radius 1 is 1.28 bits per heavy atom. The van der Waals surface area contributed by atoms with E-state index in [4.69, 9.17) is 28.1 Å². The number of nitrogens with one attached hydrogen (secondary N) is 2. The number of nitrogens with zero attached hydrogens (tertiary/aromatic N) is 6. The predicted octanol–water partition coefficient (Wildman–Crippen LogP) is 0.980. The number of nitriles is 1. The van der Waals surface area contributed by atoms with Crippen LogP contribution in [0.15, 0.2) is 23.0 Å². The molecule has 166 valence electrons. The summed E-state index contributed by atoms with van der Waals surface area (Å²) in [6.45, 7) is 4.64. The second-order valence-corrected chi connectivity index (χ2v) is 7.74. The normalized spacial score (nSPS) is 14.8. The second kappa shape index (κ2) is 8.86. The lowest BCUT2D eigenvalue weighted by Crippen LogP contribution is -2.54. The first-order valence-electron chi connectivity index (χ1n) is 10.2. The van der Waals surface area contributed by atoms with E-state index in [9.17, 15) is 10.1 Å². The van der Waals surface area contributed by atoms with E-state index in [1.807, 2.05) is 18.0 Å². The van der Waals surface area contributed by atoms with Crippen LogP contribution in [0.1, 0.15) is 30.8 Å². The van der Waals surface area contributed by atoms with Crippen molar-refractivity contribution in [2.75, 3.05) is 48.0 Å². The zero-order chi connectivity index (χ0) is 22.8. The van der Waals surface area contributed by atoms with E-state index in [2.05, 4.69) is 20.6 Å². The topological polar surface area (TPSA) is 164 Å². The van der Waals surface area contributed by atoms with Crippen LogP contribution in [0.25, 0.3) is 10.9 Å². The third kappa shape index (κ3) is 3.86. The van der Waals surface area contributed by atoms with E-state index < -0.39 is 6.04 Å². The molecule has 2 aromatic heterocycles. The summed E-state index contributed by atoms with van der Waals surface area (Å²) in [4.78, 5) is 26.4. The average Bonchev–Trinajstić information content (AvgIpc) is 2.77. The molecule has 0 bridgehead atoms. The first kappa shape index (κ1) is 21.6. The molecule has 4 rings (SSSR count). The van der Waals surface area contributed by atoms with Crippen molar-refractivity contribution in [3.8, 4) is 6.07 Å². The van der Waals surface area contributed by atoms with E-state index >= 15 is 0 Å². The minimum absolute atomic E-state index is 0.0184. The van der Waals surface area contributed by atoms with Gasteiger partial charge in [0, 0.05) is 26.2 Å². The summed E-state index contributed by atoms with van der Waals surface area (Å²) >= 11 is 6.36. The molecular formula is C20H23ClN10O. The Morgan fingerprint density at radius 2 is 2.03 bits per heavy atom. The lowest BCUT2D eigenvalue weighted by atomic mass is 10.1. The van der Waals surface area contributed by atoms with Gasteiger partial charge in [-0.25, -0.2) is 9.66 Å². The maximum atomic E-state index is 13.6. The molecule has 1 atom stereocenters. The molecule has 0 saturated carbocycles. The number of nitrogens with two attached hydrogens (primary N) is 2. The van der Waals surface area contributed by atoms with Gasteiger partial charge in [0.15, 0.2) is 11.6 Å². The van der Waals surface area contributed by atoms with E-state index in [0.29, 0.717) is 41.3 Å². The largest absolute Gasteiger partial charge is 0.382 e. The molecule has 1 aromatic carbocycles. The number of hydrogen-bond acceptors (Lipinski definition) is 10. The van der Waals surface area contributed by atoms with Gasteiger partial charge < -0.3 is 27.1 Å². The van der Waals surface area contributed by atoms with Crippen molar-refractivity contribution in [2.45, 2.75) is 19.4 Å². The molecular weight excluding hydrogens is 432 g/mol. The van der Waals surface area contributed by atoms with Crippen LogP contribution < -0.4 is 32.7 Å². The number of fused-ring (bicyclic) bond motifs is 1. The molecule has 32 heavy (non-hydrogen) atoms. The molecule has 1 fully saturated rings. The van der Waals surface area contributed by atoms with Gasteiger partial charge in [0.1, 0.15) is 17.5 Å². The molecule has 3 heterocycles. The Balaban J connectivity index is 1.90. The van der Waals surface area contributed by atoms with Gasteiger partial charge >= 0.3 is 0 Å². The van der Waals surface area contributed by atoms with Gasteiger partial charge in [0.25, 0.3) is 5.56 Å². The highest BCUT2D eigenvalue weighted by atomic mass is 35.5. The van der Waals surface area contributed by atoms with Crippen molar-refractivity contribution >= 4 is 40.1 Å². The van der Waals surface area contributed by atoms with Crippen molar-refractivity contribution in [1.82, 2.24) is 24.9 Å².